The molecule has 0 radical (unpaired) electrons. The number of anilines is 1. The van der Waals surface area contributed by atoms with Gasteiger partial charge in [0.2, 0.25) is 0 Å². The van der Waals surface area contributed by atoms with Crippen LogP contribution in [0.4, 0.5) is 5.69 Å². The number of halogens is 1. The first-order valence-corrected chi connectivity index (χ1v) is 5.88. The zero-order chi connectivity index (χ0) is 12.4. The SMILES string of the molecule is NC1CC(Nc2cnn(CCO)c(=O)c2Cl)C1. The lowest BCUT2D eigenvalue weighted by Gasteiger charge is -2.33. The Hall–Kier alpha value is -1.11. The molecule has 1 aliphatic rings. The van der Waals surface area contributed by atoms with E-state index in [1.807, 2.05) is 0 Å². The predicted molar refractivity (Wildman–Crippen MR) is 65.2 cm³/mol. The topological polar surface area (TPSA) is 93.2 Å². The maximum Gasteiger partial charge on any atom is 0.287 e. The first-order chi connectivity index (χ1) is 8.11. The lowest BCUT2D eigenvalue weighted by atomic mass is 9.87. The number of nitrogens with zero attached hydrogens (tertiary/aromatic N) is 2. The molecule has 1 fully saturated rings. The monoisotopic (exact) mass is 258 g/mol. The average Bonchev–Trinajstić information content (AvgIpc) is 2.26. The van der Waals surface area contributed by atoms with Crippen LogP contribution in [0.1, 0.15) is 12.8 Å². The molecule has 1 saturated carbocycles. The zero-order valence-corrected chi connectivity index (χ0v) is 10.0. The number of aliphatic hydroxyl groups excluding tert-OH is 1. The lowest BCUT2D eigenvalue weighted by Crippen LogP contribution is -2.44. The van der Waals surface area contributed by atoms with Crippen molar-refractivity contribution in [3.8, 4) is 0 Å². The Morgan fingerprint density at radius 1 is 1.65 bits per heavy atom. The molecule has 1 heterocycles. The summed E-state index contributed by atoms with van der Waals surface area (Å²) in [5.74, 6) is 0. The second-order valence-electron chi connectivity index (χ2n) is 4.20. The fourth-order valence-electron chi connectivity index (χ4n) is 1.82. The summed E-state index contributed by atoms with van der Waals surface area (Å²) in [5, 5.41) is 15.9. The minimum atomic E-state index is -0.394. The second kappa shape index (κ2) is 5.03. The van der Waals surface area contributed by atoms with Gasteiger partial charge in [0.1, 0.15) is 5.02 Å². The van der Waals surface area contributed by atoms with Crippen LogP contribution in [0.15, 0.2) is 11.0 Å². The fourth-order valence-corrected chi connectivity index (χ4v) is 2.02. The molecule has 1 aromatic rings. The van der Waals surface area contributed by atoms with Crippen LogP contribution in [0.3, 0.4) is 0 Å². The molecule has 0 saturated heterocycles. The van der Waals surface area contributed by atoms with E-state index in [0.717, 1.165) is 17.5 Å². The van der Waals surface area contributed by atoms with E-state index in [2.05, 4.69) is 10.4 Å². The van der Waals surface area contributed by atoms with E-state index >= 15 is 0 Å². The van der Waals surface area contributed by atoms with E-state index in [1.54, 1.807) is 0 Å². The molecule has 1 aromatic heterocycles. The summed E-state index contributed by atoms with van der Waals surface area (Å²) >= 11 is 5.95. The number of aliphatic hydroxyl groups is 1. The summed E-state index contributed by atoms with van der Waals surface area (Å²) in [7, 11) is 0. The van der Waals surface area contributed by atoms with Crippen molar-refractivity contribution in [1.82, 2.24) is 9.78 Å². The summed E-state index contributed by atoms with van der Waals surface area (Å²) in [5.41, 5.74) is 5.81. The van der Waals surface area contributed by atoms with Gasteiger partial charge in [-0.25, -0.2) is 4.68 Å². The van der Waals surface area contributed by atoms with E-state index in [4.69, 9.17) is 22.4 Å². The number of nitrogens with two attached hydrogens (primary N) is 1. The minimum Gasteiger partial charge on any atom is -0.394 e. The summed E-state index contributed by atoms with van der Waals surface area (Å²) < 4.78 is 1.14. The molecule has 0 amide bonds. The van der Waals surface area contributed by atoms with Gasteiger partial charge in [-0.1, -0.05) is 11.6 Å². The summed E-state index contributed by atoms with van der Waals surface area (Å²) in [4.78, 5) is 11.7. The Labute approximate surface area is 103 Å². The molecule has 0 bridgehead atoms. The highest BCUT2D eigenvalue weighted by molar-refractivity contribution is 6.32. The van der Waals surface area contributed by atoms with Crippen molar-refractivity contribution in [3.63, 3.8) is 0 Å². The number of aromatic nitrogens is 2. The van der Waals surface area contributed by atoms with Crippen LogP contribution >= 0.6 is 11.6 Å². The Bertz CT molecular complexity index is 456. The zero-order valence-electron chi connectivity index (χ0n) is 9.27. The number of hydrogen-bond donors (Lipinski definition) is 3. The molecule has 0 unspecified atom stereocenters. The molecule has 2 rings (SSSR count). The van der Waals surface area contributed by atoms with Crippen LogP contribution in [-0.4, -0.2) is 33.6 Å². The quantitative estimate of drug-likeness (QED) is 0.695. The Kier molecular flexibility index (Phi) is 3.66. The number of hydrogen-bond acceptors (Lipinski definition) is 5. The highest BCUT2D eigenvalue weighted by Crippen LogP contribution is 2.24. The van der Waals surface area contributed by atoms with Crippen LogP contribution in [0.25, 0.3) is 0 Å². The molecule has 0 aliphatic heterocycles. The molecular formula is C10H15ClN4O2. The van der Waals surface area contributed by atoms with Crippen molar-refractivity contribution in [1.29, 1.82) is 0 Å². The van der Waals surface area contributed by atoms with Crippen LogP contribution < -0.4 is 16.6 Å². The fraction of sp³-hybridized carbons (Fsp3) is 0.600. The third-order valence-corrected chi connectivity index (χ3v) is 3.20. The molecule has 0 spiro atoms. The molecule has 94 valence electrons. The van der Waals surface area contributed by atoms with E-state index in [9.17, 15) is 4.79 Å². The number of rotatable bonds is 4. The Morgan fingerprint density at radius 2 is 2.35 bits per heavy atom. The van der Waals surface area contributed by atoms with Gasteiger partial charge in [-0.05, 0) is 12.8 Å². The third-order valence-electron chi connectivity index (χ3n) is 2.83. The Balaban J connectivity index is 2.13. The first kappa shape index (κ1) is 12.3. The lowest BCUT2D eigenvalue weighted by molar-refractivity contribution is 0.266. The molecule has 6 nitrogen and oxygen atoms in total. The smallest absolute Gasteiger partial charge is 0.287 e. The van der Waals surface area contributed by atoms with Gasteiger partial charge >= 0.3 is 0 Å². The largest absolute Gasteiger partial charge is 0.394 e. The minimum absolute atomic E-state index is 0.105. The van der Waals surface area contributed by atoms with E-state index in [1.165, 1.54) is 6.20 Å². The molecule has 7 heteroatoms. The maximum absolute atomic E-state index is 11.7. The van der Waals surface area contributed by atoms with Crippen molar-refractivity contribution < 1.29 is 5.11 Å². The van der Waals surface area contributed by atoms with E-state index in [-0.39, 0.29) is 30.3 Å². The second-order valence-corrected chi connectivity index (χ2v) is 4.57. The van der Waals surface area contributed by atoms with Gasteiger partial charge < -0.3 is 16.2 Å². The molecular weight excluding hydrogens is 244 g/mol. The van der Waals surface area contributed by atoms with Crippen LogP contribution in [-0.2, 0) is 6.54 Å². The van der Waals surface area contributed by atoms with E-state index < -0.39 is 5.56 Å². The molecule has 0 atom stereocenters. The van der Waals surface area contributed by atoms with Crippen molar-refractivity contribution in [2.24, 2.45) is 5.73 Å². The highest BCUT2D eigenvalue weighted by Gasteiger charge is 2.26. The molecule has 4 N–H and O–H groups in total. The van der Waals surface area contributed by atoms with E-state index in [0.29, 0.717) is 5.69 Å². The highest BCUT2D eigenvalue weighted by atomic mass is 35.5. The van der Waals surface area contributed by atoms with Gasteiger partial charge in [0.05, 0.1) is 25.0 Å². The average molecular weight is 259 g/mol. The van der Waals surface area contributed by atoms with Gasteiger partial charge in [0.15, 0.2) is 0 Å². The summed E-state index contributed by atoms with van der Waals surface area (Å²) in [6.45, 7) is 0.000620. The van der Waals surface area contributed by atoms with Crippen molar-refractivity contribution in [3.05, 3.63) is 21.6 Å². The third kappa shape index (κ3) is 2.59. The van der Waals surface area contributed by atoms with Crippen LogP contribution in [0, 0.1) is 0 Å². The molecule has 0 aromatic carbocycles. The van der Waals surface area contributed by atoms with Crippen molar-refractivity contribution in [2.45, 2.75) is 31.5 Å². The summed E-state index contributed by atoms with van der Waals surface area (Å²) in [6, 6.07) is 0.492. The predicted octanol–water partition coefficient (Wildman–Crippen LogP) is -0.209. The Morgan fingerprint density at radius 3 is 2.94 bits per heavy atom. The number of nitrogens with one attached hydrogen (secondary N) is 1. The van der Waals surface area contributed by atoms with Crippen molar-refractivity contribution in [2.75, 3.05) is 11.9 Å². The first-order valence-electron chi connectivity index (χ1n) is 5.50. The van der Waals surface area contributed by atoms with Crippen molar-refractivity contribution >= 4 is 17.3 Å². The normalized spacial score (nSPS) is 23.2. The molecule has 1 aliphatic carbocycles. The van der Waals surface area contributed by atoms with Crippen LogP contribution in [0.5, 0.6) is 0 Å². The van der Waals surface area contributed by atoms with Gasteiger partial charge in [-0.3, -0.25) is 4.79 Å². The van der Waals surface area contributed by atoms with Gasteiger partial charge in [0.25, 0.3) is 5.56 Å². The van der Waals surface area contributed by atoms with Gasteiger partial charge in [-0.2, -0.15) is 5.10 Å². The maximum atomic E-state index is 11.7. The molecule has 17 heavy (non-hydrogen) atoms. The summed E-state index contributed by atoms with van der Waals surface area (Å²) in [6.07, 6.45) is 3.25. The van der Waals surface area contributed by atoms with Crippen LogP contribution in [0.2, 0.25) is 5.02 Å². The van der Waals surface area contributed by atoms with Gasteiger partial charge in [-0.15, -0.1) is 0 Å². The van der Waals surface area contributed by atoms with Gasteiger partial charge in [0, 0.05) is 12.1 Å². The standard InChI is InChI=1S/C10H15ClN4O2/c11-9-8(14-7-3-6(12)4-7)5-13-15(1-2-16)10(9)17/h5-7,14,16H,1-4,12H2.